The molecule has 22 heavy (non-hydrogen) atoms. The summed E-state index contributed by atoms with van der Waals surface area (Å²) >= 11 is 0. The molecule has 0 aromatic heterocycles. The van der Waals surface area contributed by atoms with Crippen LogP contribution in [0.25, 0.3) is 0 Å². The predicted molar refractivity (Wildman–Crippen MR) is 92.7 cm³/mol. The van der Waals surface area contributed by atoms with Crippen LogP contribution in [0.15, 0.2) is 53.6 Å². The summed E-state index contributed by atoms with van der Waals surface area (Å²) in [5, 5.41) is 0. The summed E-state index contributed by atoms with van der Waals surface area (Å²) < 4.78 is 5.78. The fourth-order valence-electron chi connectivity index (χ4n) is 2.12. The van der Waals surface area contributed by atoms with Crippen molar-refractivity contribution in [1.82, 2.24) is 0 Å². The highest BCUT2D eigenvalue weighted by Gasteiger charge is 2.13. The molecule has 1 aromatic rings. The number of allylic oxidation sites excluding steroid dienone is 3. The van der Waals surface area contributed by atoms with Crippen LogP contribution < -0.4 is 0 Å². The third kappa shape index (κ3) is 7.94. The molecular weight excluding hydrogens is 272 g/mol. The van der Waals surface area contributed by atoms with Crippen molar-refractivity contribution in [3.8, 4) is 0 Å². The molecule has 1 aromatic carbocycles. The fourth-order valence-corrected chi connectivity index (χ4v) is 2.12. The van der Waals surface area contributed by atoms with Gasteiger partial charge in [-0.3, -0.25) is 4.79 Å². The second-order valence-corrected chi connectivity index (χ2v) is 6.00. The van der Waals surface area contributed by atoms with E-state index in [9.17, 15) is 4.79 Å². The SMILES string of the molecule is CC(=O)C(C/C=C(\C)CCC=C(C)C)OCc1ccccc1. The van der Waals surface area contributed by atoms with Gasteiger partial charge in [-0.1, -0.05) is 53.6 Å². The Labute approximate surface area is 134 Å². The minimum Gasteiger partial charge on any atom is -0.365 e. The van der Waals surface area contributed by atoms with E-state index >= 15 is 0 Å². The Kier molecular flexibility index (Phi) is 8.46. The van der Waals surface area contributed by atoms with Crippen molar-refractivity contribution in [3.63, 3.8) is 0 Å². The molecule has 0 aliphatic heterocycles. The van der Waals surface area contributed by atoms with Crippen molar-refractivity contribution in [2.75, 3.05) is 0 Å². The second kappa shape index (κ2) is 10.1. The number of Topliss-reactive ketones (excluding diaryl/α,β-unsaturated/α-hetero) is 1. The molecule has 1 unspecified atom stereocenters. The molecule has 0 bridgehead atoms. The van der Waals surface area contributed by atoms with E-state index in [1.807, 2.05) is 30.3 Å². The summed E-state index contributed by atoms with van der Waals surface area (Å²) in [5.41, 5.74) is 3.76. The average molecular weight is 300 g/mol. The molecule has 2 nitrogen and oxygen atoms in total. The third-order valence-corrected chi connectivity index (χ3v) is 3.52. The lowest BCUT2D eigenvalue weighted by molar-refractivity contribution is -0.128. The van der Waals surface area contributed by atoms with Gasteiger partial charge in [-0.25, -0.2) is 0 Å². The zero-order valence-corrected chi connectivity index (χ0v) is 14.3. The first-order valence-corrected chi connectivity index (χ1v) is 7.94. The molecule has 0 fully saturated rings. The fraction of sp³-hybridized carbons (Fsp3) is 0.450. The molecule has 0 spiro atoms. The van der Waals surface area contributed by atoms with E-state index in [0.29, 0.717) is 13.0 Å². The van der Waals surface area contributed by atoms with E-state index in [4.69, 9.17) is 4.74 Å². The van der Waals surface area contributed by atoms with E-state index in [0.717, 1.165) is 18.4 Å². The summed E-state index contributed by atoms with van der Waals surface area (Å²) in [6.45, 7) is 8.43. The van der Waals surface area contributed by atoms with Gasteiger partial charge < -0.3 is 4.74 Å². The van der Waals surface area contributed by atoms with E-state index in [1.54, 1.807) is 6.92 Å². The molecule has 1 rings (SSSR count). The topological polar surface area (TPSA) is 26.3 Å². The highest BCUT2D eigenvalue weighted by atomic mass is 16.5. The number of hydrogen-bond donors (Lipinski definition) is 0. The van der Waals surface area contributed by atoms with E-state index in [-0.39, 0.29) is 11.9 Å². The summed E-state index contributed by atoms with van der Waals surface area (Å²) in [5.74, 6) is 0.0873. The molecule has 0 N–H and O–H groups in total. The van der Waals surface area contributed by atoms with Crippen LogP contribution in [0.3, 0.4) is 0 Å². The summed E-state index contributed by atoms with van der Waals surface area (Å²) in [6, 6.07) is 9.96. The minimum atomic E-state index is -0.349. The van der Waals surface area contributed by atoms with E-state index < -0.39 is 0 Å². The monoisotopic (exact) mass is 300 g/mol. The van der Waals surface area contributed by atoms with Gasteiger partial charge >= 0.3 is 0 Å². The van der Waals surface area contributed by atoms with Gasteiger partial charge in [0.25, 0.3) is 0 Å². The maximum atomic E-state index is 11.7. The summed E-state index contributed by atoms with van der Waals surface area (Å²) in [6.07, 6.45) is 6.78. The quantitative estimate of drug-likeness (QED) is 0.583. The average Bonchev–Trinajstić information content (AvgIpc) is 2.47. The van der Waals surface area contributed by atoms with Gasteiger partial charge in [0.05, 0.1) is 6.61 Å². The molecule has 0 saturated heterocycles. The Morgan fingerprint density at radius 1 is 1.09 bits per heavy atom. The van der Waals surface area contributed by atoms with Crippen molar-refractivity contribution in [2.24, 2.45) is 0 Å². The number of carbonyl (C=O) groups is 1. The molecule has 2 heteroatoms. The Bertz CT molecular complexity index is 508. The first-order chi connectivity index (χ1) is 10.5. The Morgan fingerprint density at radius 3 is 2.36 bits per heavy atom. The van der Waals surface area contributed by atoms with Gasteiger partial charge in [0, 0.05) is 0 Å². The molecule has 0 amide bonds. The van der Waals surface area contributed by atoms with Crippen LogP contribution in [-0.4, -0.2) is 11.9 Å². The van der Waals surface area contributed by atoms with Crippen LogP contribution in [0.2, 0.25) is 0 Å². The van der Waals surface area contributed by atoms with Crippen LogP contribution in [0.4, 0.5) is 0 Å². The zero-order valence-electron chi connectivity index (χ0n) is 14.3. The van der Waals surface area contributed by atoms with Crippen LogP contribution in [0.1, 0.15) is 52.5 Å². The Balaban J connectivity index is 2.46. The standard InChI is InChI=1S/C20H28O2/c1-16(2)9-8-10-17(3)13-14-20(18(4)21)22-15-19-11-6-5-7-12-19/h5-7,9,11-13,20H,8,10,14-15H2,1-4H3/b17-13+. The molecular formula is C20H28O2. The largest absolute Gasteiger partial charge is 0.365 e. The van der Waals surface area contributed by atoms with Crippen LogP contribution in [0.5, 0.6) is 0 Å². The smallest absolute Gasteiger partial charge is 0.158 e. The molecule has 120 valence electrons. The van der Waals surface area contributed by atoms with Gasteiger partial charge in [-0.2, -0.15) is 0 Å². The Hall–Kier alpha value is -1.67. The summed E-state index contributed by atoms with van der Waals surface area (Å²) in [7, 11) is 0. The normalized spacial score (nSPS) is 12.8. The van der Waals surface area contributed by atoms with E-state index in [1.165, 1.54) is 11.1 Å². The number of rotatable bonds is 9. The van der Waals surface area contributed by atoms with Crippen molar-refractivity contribution < 1.29 is 9.53 Å². The Morgan fingerprint density at radius 2 is 1.77 bits per heavy atom. The number of hydrogen-bond acceptors (Lipinski definition) is 2. The third-order valence-electron chi connectivity index (χ3n) is 3.52. The number of ether oxygens (including phenoxy) is 1. The van der Waals surface area contributed by atoms with Crippen LogP contribution in [-0.2, 0) is 16.1 Å². The molecule has 1 atom stereocenters. The van der Waals surface area contributed by atoms with Crippen LogP contribution in [0, 0.1) is 0 Å². The first kappa shape index (κ1) is 18.4. The lowest BCUT2D eigenvalue weighted by Gasteiger charge is -2.14. The highest BCUT2D eigenvalue weighted by Crippen LogP contribution is 2.12. The minimum absolute atomic E-state index is 0.0873. The van der Waals surface area contributed by atoms with Crippen LogP contribution >= 0.6 is 0 Å². The van der Waals surface area contributed by atoms with Crippen molar-refractivity contribution >= 4 is 5.78 Å². The molecule has 0 heterocycles. The summed E-state index contributed by atoms with van der Waals surface area (Å²) in [4.78, 5) is 11.7. The van der Waals surface area contributed by atoms with Gasteiger partial charge in [0.15, 0.2) is 5.78 Å². The first-order valence-electron chi connectivity index (χ1n) is 7.94. The number of benzene rings is 1. The molecule has 0 aliphatic carbocycles. The van der Waals surface area contributed by atoms with Gasteiger partial charge in [0.2, 0.25) is 0 Å². The number of ketones is 1. The highest BCUT2D eigenvalue weighted by molar-refractivity contribution is 5.80. The molecule has 0 radical (unpaired) electrons. The number of carbonyl (C=O) groups excluding carboxylic acids is 1. The zero-order chi connectivity index (χ0) is 16.4. The second-order valence-electron chi connectivity index (χ2n) is 6.00. The van der Waals surface area contributed by atoms with Gasteiger partial charge in [-0.05, 0) is 52.5 Å². The van der Waals surface area contributed by atoms with Crippen molar-refractivity contribution in [3.05, 3.63) is 59.2 Å². The van der Waals surface area contributed by atoms with Crippen molar-refractivity contribution in [2.45, 2.75) is 59.7 Å². The van der Waals surface area contributed by atoms with E-state index in [2.05, 4.69) is 32.9 Å². The van der Waals surface area contributed by atoms with Gasteiger partial charge in [-0.15, -0.1) is 0 Å². The predicted octanol–water partition coefficient (Wildman–Crippen LogP) is 5.24. The molecule has 0 saturated carbocycles. The maximum Gasteiger partial charge on any atom is 0.158 e. The maximum absolute atomic E-state index is 11.7. The molecule has 0 aliphatic rings. The lowest BCUT2D eigenvalue weighted by Crippen LogP contribution is -2.21. The van der Waals surface area contributed by atoms with Crippen molar-refractivity contribution in [1.29, 1.82) is 0 Å². The lowest BCUT2D eigenvalue weighted by atomic mass is 10.1. The van der Waals surface area contributed by atoms with Gasteiger partial charge in [0.1, 0.15) is 6.10 Å².